The summed E-state index contributed by atoms with van der Waals surface area (Å²) in [6.07, 6.45) is 7.01. The van der Waals surface area contributed by atoms with Gasteiger partial charge in [-0.3, -0.25) is 38.9 Å². The van der Waals surface area contributed by atoms with Crippen LogP contribution in [0.4, 0.5) is 5.95 Å². The van der Waals surface area contributed by atoms with E-state index in [0.717, 1.165) is 43.2 Å². The third-order valence-corrected chi connectivity index (χ3v) is 13.1. The zero-order valence-corrected chi connectivity index (χ0v) is 39.3. The highest BCUT2D eigenvalue weighted by Gasteiger charge is 2.34. The van der Waals surface area contributed by atoms with Gasteiger partial charge in [-0.2, -0.15) is 5.10 Å². The molecule has 4 amide bonds. The summed E-state index contributed by atoms with van der Waals surface area (Å²) in [4.78, 5) is 84.4. The molecule has 1 aliphatic heterocycles. The van der Waals surface area contributed by atoms with Crippen molar-refractivity contribution >= 4 is 68.8 Å². The molecule has 1 saturated heterocycles. The van der Waals surface area contributed by atoms with Crippen molar-refractivity contribution in [3.63, 3.8) is 0 Å². The van der Waals surface area contributed by atoms with E-state index >= 15 is 0 Å². The van der Waals surface area contributed by atoms with Crippen molar-refractivity contribution in [1.82, 2.24) is 43.7 Å². The molecule has 67 heavy (non-hydrogen) atoms. The summed E-state index contributed by atoms with van der Waals surface area (Å²) in [5.41, 5.74) is 15.6. The molecule has 2 aromatic carbocycles. The number of nitrogens with one attached hydrogen (secondary N) is 1. The van der Waals surface area contributed by atoms with E-state index < -0.39 is 17.7 Å². The number of ketones is 1. The standard InChI is InChI=1S/C47H56N12O7S/c1-6-32-42(67-28(4)50-32)36(60)26-39-51-33-22-30(43(48)61)24-37(65-5)40(33)57(39)14-8-9-15-58-41-34(52-47(58)53-45(63)35-21-27(3)54-59(35)7-2)23-31(44(49)62)25-38(41)66-20-10-13-55-16-18-56(19-17-55)46(64)29-11-12-29/h8-9,21-25,29H,6-7,10-20,26H2,1-5H3,(H2,48,61)(H2,49,62)(H,52,53,63)/b9-8+. The molecule has 20 heteroatoms. The average molecular weight is 933 g/mol. The number of nitrogens with two attached hydrogens (primary N) is 2. The minimum absolute atomic E-state index is 0.0401. The third kappa shape index (κ3) is 10.1. The molecule has 1 saturated carbocycles. The first-order chi connectivity index (χ1) is 32.3. The Hall–Kier alpha value is -6.93. The van der Waals surface area contributed by atoms with Gasteiger partial charge in [0.1, 0.15) is 34.1 Å². The van der Waals surface area contributed by atoms with Gasteiger partial charge in [0.25, 0.3) is 5.91 Å². The Labute approximate surface area is 391 Å². The lowest BCUT2D eigenvalue weighted by atomic mass is 10.1. The van der Waals surface area contributed by atoms with E-state index in [4.69, 9.17) is 30.9 Å². The van der Waals surface area contributed by atoms with Gasteiger partial charge in [0.05, 0.1) is 52.4 Å². The number of ether oxygens (including phenoxy) is 2. The number of carbonyl (C=O) groups excluding carboxylic acids is 5. The highest BCUT2D eigenvalue weighted by Crippen LogP contribution is 2.34. The fourth-order valence-corrected chi connectivity index (χ4v) is 9.51. The molecular formula is C47H56N12O7S. The van der Waals surface area contributed by atoms with E-state index in [0.29, 0.717) is 94.7 Å². The first-order valence-corrected chi connectivity index (χ1v) is 23.4. The van der Waals surface area contributed by atoms with Crippen LogP contribution in [0.2, 0.25) is 0 Å². The minimum atomic E-state index is -0.663. The van der Waals surface area contributed by atoms with Gasteiger partial charge < -0.3 is 35.0 Å². The number of imidazole rings is 2. The Balaban J connectivity index is 1.10. The maximum absolute atomic E-state index is 13.9. The van der Waals surface area contributed by atoms with Crippen molar-refractivity contribution in [2.24, 2.45) is 17.4 Å². The molecule has 2 fully saturated rings. The number of hydrogen-bond acceptors (Lipinski definition) is 13. The van der Waals surface area contributed by atoms with Crippen LogP contribution in [0.5, 0.6) is 11.5 Å². The molecule has 5 N–H and O–H groups in total. The van der Waals surface area contributed by atoms with E-state index in [2.05, 4.69) is 20.3 Å². The van der Waals surface area contributed by atoms with Crippen molar-refractivity contribution in [3.8, 4) is 11.5 Å². The van der Waals surface area contributed by atoms with Crippen LogP contribution in [0.3, 0.4) is 0 Å². The van der Waals surface area contributed by atoms with Crippen molar-refractivity contribution in [3.05, 3.63) is 86.4 Å². The quantitative estimate of drug-likeness (QED) is 0.0536. The van der Waals surface area contributed by atoms with Gasteiger partial charge >= 0.3 is 0 Å². The van der Waals surface area contributed by atoms with Crippen LogP contribution in [0.1, 0.15) is 96.2 Å². The number of nitrogens with zero attached hydrogens (tertiary/aromatic N) is 9. The first kappa shape index (κ1) is 46.6. The number of Topliss-reactive ketones (excluding diaryl/α,β-unsaturated/α-hetero) is 1. The Morgan fingerprint density at radius 3 is 2.15 bits per heavy atom. The molecule has 8 rings (SSSR count). The zero-order chi connectivity index (χ0) is 47.5. The van der Waals surface area contributed by atoms with Crippen molar-refractivity contribution < 1.29 is 33.4 Å². The summed E-state index contributed by atoms with van der Waals surface area (Å²) >= 11 is 1.35. The van der Waals surface area contributed by atoms with Crippen LogP contribution < -0.4 is 26.3 Å². The monoisotopic (exact) mass is 932 g/mol. The number of aryl methyl sites for hydroxylation is 4. The summed E-state index contributed by atoms with van der Waals surface area (Å²) in [7, 11) is 1.49. The fraction of sp³-hybridized carbons (Fsp3) is 0.426. The van der Waals surface area contributed by atoms with Crippen molar-refractivity contribution in [1.29, 1.82) is 0 Å². The number of anilines is 1. The number of hydrogen-bond donors (Lipinski definition) is 3. The maximum Gasteiger partial charge on any atom is 0.276 e. The summed E-state index contributed by atoms with van der Waals surface area (Å²) < 4.78 is 17.5. The number of rotatable bonds is 20. The van der Waals surface area contributed by atoms with Crippen molar-refractivity contribution in [2.75, 3.05) is 51.8 Å². The Morgan fingerprint density at radius 2 is 1.51 bits per heavy atom. The summed E-state index contributed by atoms with van der Waals surface area (Å²) in [6, 6.07) is 8.01. The summed E-state index contributed by atoms with van der Waals surface area (Å²) in [6.45, 7) is 12.5. The topological polar surface area (TPSA) is 241 Å². The van der Waals surface area contributed by atoms with Crippen LogP contribution >= 0.6 is 11.3 Å². The maximum atomic E-state index is 13.9. The number of carbonyl (C=O) groups is 5. The Bertz CT molecular complexity index is 2910. The smallest absolute Gasteiger partial charge is 0.276 e. The molecule has 19 nitrogen and oxygen atoms in total. The minimum Gasteiger partial charge on any atom is -0.494 e. The van der Waals surface area contributed by atoms with E-state index in [1.165, 1.54) is 18.4 Å². The van der Waals surface area contributed by atoms with E-state index in [9.17, 15) is 24.0 Å². The molecule has 2 aliphatic rings. The van der Waals surface area contributed by atoms with Crippen LogP contribution in [0.15, 0.2) is 42.5 Å². The zero-order valence-electron chi connectivity index (χ0n) is 38.5. The van der Waals surface area contributed by atoms with Gasteiger partial charge in [-0.15, -0.1) is 11.3 Å². The molecule has 0 spiro atoms. The lowest BCUT2D eigenvalue weighted by Crippen LogP contribution is -2.49. The number of allylic oxidation sites excluding steroid dienone is 2. The molecule has 0 unspecified atom stereocenters. The third-order valence-electron chi connectivity index (χ3n) is 12.1. The lowest BCUT2D eigenvalue weighted by Gasteiger charge is -2.34. The summed E-state index contributed by atoms with van der Waals surface area (Å²) in [5, 5.41) is 8.22. The predicted octanol–water partition coefficient (Wildman–Crippen LogP) is 4.70. The van der Waals surface area contributed by atoms with Gasteiger partial charge in [-0.25, -0.2) is 15.0 Å². The average Bonchev–Trinajstić information content (AvgIpc) is 3.66. The van der Waals surface area contributed by atoms with Crippen LogP contribution in [-0.4, -0.2) is 120 Å². The Kier molecular flexibility index (Phi) is 13.8. The van der Waals surface area contributed by atoms with Gasteiger partial charge in [0, 0.05) is 69.4 Å². The van der Waals surface area contributed by atoms with Gasteiger partial charge in [0.2, 0.25) is 23.7 Å². The summed E-state index contributed by atoms with van der Waals surface area (Å²) in [5.74, 6) is -0.0178. The largest absolute Gasteiger partial charge is 0.494 e. The lowest BCUT2D eigenvalue weighted by molar-refractivity contribution is -0.134. The second kappa shape index (κ2) is 19.9. The number of primary amides is 2. The van der Waals surface area contributed by atoms with E-state index in [-0.39, 0.29) is 54.2 Å². The molecule has 5 heterocycles. The fourth-order valence-electron chi connectivity index (χ4n) is 8.56. The van der Waals surface area contributed by atoms with Crippen molar-refractivity contribution in [2.45, 2.75) is 79.4 Å². The highest BCUT2D eigenvalue weighted by atomic mass is 32.1. The van der Waals surface area contributed by atoms with Gasteiger partial charge in [-0.1, -0.05) is 19.1 Å². The van der Waals surface area contributed by atoms with E-state index in [1.54, 1.807) is 39.6 Å². The SMILES string of the molecule is CCc1nc(C)sc1C(=O)Cc1nc2cc(C(N)=O)cc(OC)c2n1C/C=C/Cn1c(NC(=O)c2cc(C)nn2CC)nc2cc(C(N)=O)cc(OCCCN3CCN(C(=O)C4CC4)CC3)c21. The van der Waals surface area contributed by atoms with Gasteiger partial charge in [-0.05, 0) is 76.8 Å². The molecular weight excluding hydrogens is 877 g/mol. The molecule has 0 atom stereocenters. The normalized spacial score (nSPS) is 14.4. The predicted molar refractivity (Wildman–Crippen MR) is 253 cm³/mol. The number of amides is 4. The molecule has 1 aliphatic carbocycles. The number of benzene rings is 2. The van der Waals surface area contributed by atoms with Crippen LogP contribution in [-0.2, 0) is 37.3 Å². The molecule has 0 radical (unpaired) electrons. The van der Waals surface area contributed by atoms with Gasteiger partial charge in [0.15, 0.2) is 5.78 Å². The second-order valence-electron chi connectivity index (χ2n) is 16.8. The molecule has 4 aromatic heterocycles. The number of fused-ring (bicyclic) bond motifs is 2. The number of aromatic nitrogens is 7. The molecule has 352 valence electrons. The molecule has 0 bridgehead atoms. The first-order valence-electron chi connectivity index (χ1n) is 22.6. The van der Waals surface area contributed by atoms with Crippen LogP contribution in [0.25, 0.3) is 22.1 Å². The van der Waals surface area contributed by atoms with Crippen LogP contribution in [0, 0.1) is 19.8 Å². The number of thiazole rings is 1. The molecule has 6 aromatic rings. The second-order valence-corrected chi connectivity index (χ2v) is 18.0. The number of methoxy groups -OCH3 is 1. The Morgan fingerprint density at radius 1 is 0.851 bits per heavy atom. The highest BCUT2D eigenvalue weighted by molar-refractivity contribution is 7.13. The number of piperazine rings is 1. The van der Waals surface area contributed by atoms with E-state index in [1.807, 2.05) is 49.3 Å².